The first-order chi connectivity index (χ1) is 13.7. The molecule has 138 valence electrons. The van der Waals surface area contributed by atoms with E-state index in [1.165, 1.54) is 6.33 Å². The smallest absolute Gasteiger partial charge is 0.236 e. The van der Waals surface area contributed by atoms with E-state index >= 15 is 0 Å². The molecule has 0 saturated carbocycles. The molecule has 0 spiro atoms. The molecule has 1 amide bonds. The van der Waals surface area contributed by atoms with Crippen molar-refractivity contribution in [1.82, 2.24) is 14.8 Å². The van der Waals surface area contributed by atoms with Gasteiger partial charge < -0.3 is 5.32 Å². The molecule has 0 atom stereocenters. The Labute approximate surface area is 167 Å². The summed E-state index contributed by atoms with van der Waals surface area (Å²) < 4.78 is 1.59. The zero-order valence-electron chi connectivity index (χ0n) is 14.9. The lowest BCUT2D eigenvalue weighted by atomic mass is 9.90. The third kappa shape index (κ3) is 3.80. The Kier molecular flexibility index (Phi) is 5.17. The van der Waals surface area contributed by atoms with Crippen LogP contribution in [0.1, 0.15) is 17.0 Å². The maximum absolute atomic E-state index is 13.3. The number of aromatic nitrogens is 3. The van der Waals surface area contributed by atoms with Crippen molar-refractivity contribution in [3.8, 4) is 5.69 Å². The minimum absolute atomic E-state index is 0.152. The molecular formula is C22H17ClN4O. The molecule has 5 nitrogen and oxygen atoms in total. The average molecular weight is 389 g/mol. The van der Waals surface area contributed by atoms with E-state index in [9.17, 15) is 4.79 Å². The molecule has 0 bridgehead atoms. The molecule has 0 unspecified atom stereocenters. The van der Waals surface area contributed by atoms with Crippen molar-refractivity contribution < 1.29 is 4.79 Å². The molecule has 4 rings (SSSR count). The lowest BCUT2D eigenvalue weighted by Gasteiger charge is -2.19. The summed E-state index contributed by atoms with van der Waals surface area (Å²) in [6.45, 7) is 0. The standard InChI is InChI=1S/C22H17ClN4O/c23-18-11-12-20(27-15-24-14-25-27)19(13-18)26-22(28)21(16-7-3-1-4-8-16)17-9-5-2-6-10-17/h1-15,21H,(H,26,28). The van der Waals surface area contributed by atoms with Gasteiger partial charge in [0.05, 0.1) is 17.3 Å². The van der Waals surface area contributed by atoms with Crippen LogP contribution < -0.4 is 5.32 Å². The quantitative estimate of drug-likeness (QED) is 0.539. The molecule has 0 radical (unpaired) electrons. The normalized spacial score (nSPS) is 10.8. The predicted octanol–water partition coefficient (Wildman–Crippen LogP) is 4.69. The summed E-state index contributed by atoms with van der Waals surface area (Å²) in [7, 11) is 0. The lowest BCUT2D eigenvalue weighted by molar-refractivity contribution is -0.116. The van der Waals surface area contributed by atoms with E-state index in [4.69, 9.17) is 11.6 Å². The molecule has 6 heteroatoms. The zero-order valence-corrected chi connectivity index (χ0v) is 15.6. The molecule has 1 heterocycles. The number of amides is 1. The molecule has 0 aliphatic heterocycles. The molecule has 28 heavy (non-hydrogen) atoms. The summed E-state index contributed by atoms with van der Waals surface area (Å²) in [5.41, 5.74) is 3.08. The second-order valence-electron chi connectivity index (χ2n) is 6.25. The lowest BCUT2D eigenvalue weighted by Crippen LogP contribution is -2.23. The zero-order chi connectivity index (χ0) is 19.3. The highest BCUT2D eigenvalue weighted by atomic mass is 35.5. The predicted molar refractivity (Wildman–Crippen MR) is 110 cm³/mol. The van der Waals surface area contributed by atoms with Crippen molar-refractivity contribution >= 4 is 23.2 Å². The first-order valence-corrected chi connectivity index (χ1v) is 9.15. The summed E-state index contributed by atoms with van der Waals surface area (Å²) in [5.74, 6) is -0.606. The monoisotopic (exact) mass is 388 g/mol. The third-order valence-corrected chi connectivity index (χ3v) is 4.65. The highest BCUT2D eigenvalue weighted by Crippen LogP contribution is 2.29. The van der Waals surface area contributed by atoms with Gasteiger partial charge in [-0.1, -0.05) is 72.3 Å². The summed E-state index contributed by atoms with van der Waals surface area (Å²) >= 11 is 6.18. The van der Waals surface area contributed by atoms with Gasteiger partial charge in [-0.05, 0) is 29.3 Å². The average Bonchev–Trinajstić information content (AvgIpc) is 3.24. The molecule has 3 aromatic carbocycles. The first-order valence-electron chi connectivity index (χ1n) is 8.77. The van der Waals surface area contributed by atoms with Crippen molar-refractivity contribution in [3.05, 3.63) is 108 Å². The van der Waals surface area contributed by atoms with Crippen molar-refractivity contribution in [2.45, 2.75) is 5.92 Å². The summed E-state index contributed by atoms with van der Waals surface area (Å²) in [4.78, 5) is 17.3. The van der Waals surface area contributed by atoms with Gasteiger partial charge in [-0.15, -0.1) is 0 Å². The van der Waals surface area contributed by atoms with Gasteiger partial charge in [0.2, 0.25) is 5.91 Å². The Morgan fingerprint density at radius 3 is 2.14 bits per heavy atom. The van der Waals surface area contributed by atoms with Crippen LogP contribution in [0.4, 0.5) is 5.69 Å². The van der Waals surface area contributed by atoms with Crippen LogP contribution in [0, 0.1) is 0 Å². The number of benzene rings is 3. The maximum atomic E-state index is 13.3. The number of rotatable bonds is 5. The fraction of sp³-hybridized carbons (Fsp3) is 0.0455. The number of halogens is 1. The Hall–Kier alpha value is -3.44. The van der Waals surface area contributed by atoms with Gasteiger partial charge in [-0.2, -0.15) is 5.10 Å². The van der Waals surface area contributed by atoms with Gasteiger partial charge in [0.25, 0.3) is 0 Å². The summed E-state index contributed by atoms with van der Waals surface area (Å²) in [5, 5.41) is 7.70. The molecule has 1 aromatic heterocycles. The fourth-order valence-electron chi connectivity index (χ4n) is 3.13. The van der Waals surface area contributed by atoms with E-state index < -0.39 is 5.92 Å². The number of anilines is 1. The van der Waals surface area contributed by atoms with Crippen LogP contribution in [0.2, 0.25) is 5.02 Å². The van der Waals surface area contributed by atoms with Crippen molar-refractivity contribution in [2.24, 2.45) is 0 Å². The number of carbonyl (C=O) groups excluding carboxylic acids is 1. The van der Waals surface area contributed by atoms with E-state index in [1.54, 1.807) is 29.2 Å². The second kappa shape index (κ2) is 8.06. The van der Waals surface area contributed by atoms with E-state index in [-0.39, 0.29) is 5.91 Å². The van der Waals surface area contributed by atoms with Crippen molar-refractivity contribution in [2.75, 3.05) is 5.32 Å². The van der Waals surface area contributed by atoms with E-state index in [0.29, 0.717) is 16.4 Å². The van der Waals surface area contributed by atoms with Crippen LogP contribution in [0.3, 0.4) is 0 Å². The minimum atomic E-state index is -0.454. The number of nitrogens with one attached hydrogen (secondary N) is 1. The highest BCUT2D eigenvalue weighted by Gasteiger charge is 2.23. The number of carbonyl (C=O) groups is 1. The van der Waals surface area contributed by atoms with Crippen LogP contribution in [-0.4, -0.2) is 20.7 Å². The van der Waals surface area contributed by atoms with Gasteiger partial charge in [0, 0.05) is 5.02 Å². The maximum Gasteiger partial charge on any atom is 0.236 e. The van der Waals surface area contributed by atoms with Crippen LogP contribution in [0.5, 0.6) is 0 Å². The number of nitrogens with zero attached hydrogens (tertiary/aromatic N) is 3. The van der Waals surface area contributed by atoms with E-state index in [1.807, 2.05) is 60.7 Å². The Bertz CT molecular complexity index is 1030. The third-order valence-electron chi connectivity index (χ3n) is 4.41. The molecule has 4 aromatic rings. The van der Waals surface area contributed by atoms with Gasteiger partial charge in [-0.3, -0.25) is 4.79 Å². The van der Waals surface area contributed by atoms with E-state index in [0.717, 1.165) is 11.1 Å². The minimum Gasteiger partial charge on any atom is -0.323 e. The molecule has 0 aliphatic carbocycles. The molecule has 0 saturated heterocycles. The van der Waals surface area contributed by atoms with Crippen LogP contribution in [0.15, 0.2) is 91.5 Å². The second-order valence-corrected chi connectivity index (χ2v) is 6.68. The molecule has 1 N–H and O–H groups in total. The summed E-state index contributed by atoms with van der Waals surface area (Å²) in [6, 6.07) is 24.7. The van der Waals surface area contributed by atoms with Crippen LogP contribution in [0.25, 0.3) is 5.69 Å². The summed E-state index contributed by atoms with van der Waals surface area (Å²) in [6.07, 6.45) is 3.02. The van der Waals surface area contributed by atoms with Crippen LogP contribution in [-0.2, 0) is 4.79 Å². The van der Waals surface area contributed by atoms with E-state index in [2.05, 4.69) is 15.4 Å². The number of hydrogen-bond acceptors (Lipinski definition) is 3. The van der Waals surface area contributed by atoms with Crippen molar-refractivity contribution in [1.29, 1.82) is 0 Å². The Balaban J connectivity index is 1.73. The Morgan fingerprint density at radius 2 is 1.57 bits per heavy atom. The van der Waals surface area contributed by atoms with Gasteiger partial charge in [0.15, 0.2) is 0 Å². The van der Waals surface area contributed by atoms with Crippen LogP contribution >= 0.6 is 11.6 Å². The fourth-order valence-corrected chi connectivity index (χ4v) is 3.30. The molecule has 0 fully saturated rings. The Morgan fingerprint density at radius 1 is 0.929 bits per heavy atom. The largest absolute Gasteiger partial charge is 0.323 e. The van der Waals surface area contributed by atoms with Gasteiger partial charge in [0.1, 0.15) is 12.7 Å². The van der Waals surface area contributed by atoms with Crippen molar-refractivity contribution in [3.63, 3.8) is 0 Å². The highest BCUT2D eigenvalue weighted by molar-refractivity contribution is 6.31. The van der Waals surface area contributed by atoms with Gasteiger partial charge in [-0.25, -0.2) is 9.67 Å². The topological polar surface area (TPSA) is 59.8 Å². The molecule has 0 aliphatic rings. The molecular weight excluding hydrogens is 372 g/mol. The SMILES string of the molecule is O=C(Nc1cc(Cl)ccc1-n1cncn1)C(c1ccccc1)c1ccccc1. The van der Waals surface area contributed by atoms with Gasteiger partial charge >= 0.3 is 0 Å². The number of hydrogen-bond donors (Lipinski definition) is 1. The first kappa shape index (κ1) is 17.9.